The van der Waals surface area contributed by atoms with Crippen molar-refractivity contribution in [2.75, 3.05) is 0 Å². The number of amides is 2. The molecule has 0 aromatic heterocycles. The molecule has 0 heterocycles. The van der Waals surface area contributed by atoms with E-state index in [2.05, 4.69) is 0 Å². The highest BCUT2D eigenvalue weighted by Crippen LogP contribution is 2.23. The molecule has 0 N–H and O–H groups in total. The molecular weight excluding hydrogens is 182 g/mol. The Labute approximate surface area is 55.6 Å². The minimum absolute atomic E-state index is 2.52. The molecular formula is C2F6N2O. The van der Waals surface area contributed by atoms with Crippen LogP contribution in [-0.2, 0) is 0 Å². The minimum Gasteiger partial charge on any atom is -0.240 e. The van der Waals surface area contributed by atoms with Crippen molar-refractivity contribution >= 4 is 6.03 Å². The smallest absolute Gasteiger partial charge is 0.240 e. The summed E-state index contributed by atoms with van der Waals surface area (Å²) < 4.78 is 66.3. The SMILES string of the molecule is O=C(N(F)F)N(F)C(F)(F)F. The number of carbonyl (C=O) groups excluding carboxylic acids is 1. The molecule has 0 fully saturated rings. The van der Waals surface area contributed by atoms with Crippen molar-refractivity contribution in [3.05, 3.63) is 0 Å². The van der Waals surface area contributed by atoms with E-state index in [1.54, 1.807) is 0 Å². The highest BCUT2D eigenvalue weighted by Gasteiger charge is 2.45. The maximum atomic E-state index is 11.4. The molecule has 9 heteroatoms. The third kappa shape index (κ3) is 2.51. The van der Waals surface area contributed by atoms with E-state index in [4.69, 9.17) is 0 Å². The summed E-state index contributed by atoms with van der Waals surface area (Å²) in [6.07, 6.45) is -5.74. The summed E-state index contributed by atoms with van der Waals surface area (Å²) in [6, 6.07) is -3.09. The molecule has 0 saturated carbocycles. The van der Waals surface area contributed by atoms with Crippen molar-refractivity contribution < 1.29 is 31.4 Å². The molecule has 66 valence electrons. The van der Waals surface area contributed by atoms with Gasteiger partial charge in [-0.1, -0.05) is 18.6 Å². The summed E-state index contributed by atoms with van der Waals surface area (Å²) in [5.74, 6) is 0. The normalized spacial score (nSPS) is 11.1. The summed E-state index contributed by atoms with van der Waals surface area (Å²) in [5.41, 5.74) is 0. The van der Waals surface area contributed by atoms with Crippen molar-refractivity contribution in [3.8, 4) is 0 Å². The van der Waals surface area contributed by atoms with Crippen LogP contribution in [0.2, 0.25) is 0 Å². The summed E-state index contributed by atoms with van der Waals surface area (Å²) in [5, 5.41) is -5.06. The molecule has 0 aliphatic rings. The predicted molar refractivity (Wildman–Crippen MR) is 18.5 cm³/mol. The Hall–Kier alpha value is -1.15. The lowest BCUT2D eigenvalue weighted by atomic mass is 10.9. The van der Waals surface area contributed by atoms with Crippen LogP contribution in [0.4, 0.5) is 31.4 Å². The van der Waals surface area contributed by atoms with E-state index < -0.39 is 22.8 Å². The molecule has 0 rings (SSSR count). The maximum absolute atomic E-state index is 11.4. The topological polar surface area (TPSA) is 23.6 Å². The van der Waals surface area contributed by atoms with Crippen LogP contribution < -0.4 is 0 Å². The van der Waals surface area contributed by atoms with E-state index in [9.17, 15) is 31.4 Å². The van der Waals surface area contributed by atoms with Gasteiger partial charge in [-0.25, -0.2) is 4.79 Å². The fourth-order valence-electron chi connectivity index (χ4n) is 0.175. The van der Waals surface area contributed by atoms with E-state index in [0.29, 0.717) is 0 Å². The zero-order valence-electron chi connectivity index (χ0n) is 4.57. The minimum atomic E-state index is -5.74. The third-order valence-electron chi connectivity index (χ3n) is 0.535. The molecule has 0 radical (unpaired) electrons. The number of rotatable bonds is 0. The summed E-state index contributed by atoms with van der Waals surface area (Å²) in [6.45, 7) is 0. The first-order valence-electron chi connectivity index (χ1n) is 1.95. The van der Waals surface area contributed by atoms with Crippen LogP contribution in [0.5, 0.6) is 0 Å². The molecule has 0 aromatic carbocycles. The summed E-state index contributed by atoms with van der Waals surface area (Å²) in [4.78, 5) is 9.50. The molecule has 0 unspecified atom stereocenters. The van der Waals surface area contributed by atoms with Gasteiger partial charge in [0, 0.05) is 5.34 Å². The van der Waals surface area contributed by atoms with Gasteiger partial charge in [0.05, 0.1) is 0 Å². The van der Waals surface area contributed by atoms with E-state index in [1.165, 1.54) is 0 Å². The average molecular weight is 182 g/mol. The fraction of sp³-hybridized carbons (Fsp3) is 0.500. The van der Waals surface area contributed by atoms with Crippen molar-refractivity contribution in [2.45, 2.75) is 6.30 Å². The van der Waals surface area contributed by atoms with E-state index in [0.717, 1.165) is 0 Å². The lowest BCUT2D eigenvalue weighted by Crippen LogP contribution is -2.39. The van der Waals surface area contributed by atoms with Gasteiger partial charge in [-0.05, 0) is 0 Å². The number of hydrogen-bond donors (Lipinski definition) is 0. The highest BCUT2D eigenvalue weighted by atomic mass is 19.4. The number of nitrogens with zero attached hydrogens (tertiary/aromatic N) is 2. The second-order valence-corrected chi connectivity index (χ2v) is 1.26. The lowest BCUT2D eigenvalue weighted by molar-refractivity contribution is -0.298. The van der Waals surface area contributed by atoms with Crippen LogP contribution in [0.3, 0.4) is 0 Å². The summed E-state index contributed by atoms with van der Waals surface area (Å²) in [7, 11) is 0. The van der Waals surface area contributed by atoms with Gasteiger partial charge in [0.25, 0.3) is 0 Å². The zero-order valence-corrected chi connectivity index (χ0v) is 4.57. The van der Waals surface area contributed by atoms with Gasteiger partial charge in [-0.15, -0.1) is 13.2 Å². The highest BCUT2D eigenvalue weighted by molar-refractivity contribution is 5.71. The Morgan fingerprint density at radius 1 is 1.09 bits per heavy atom. The average Bonchev–Trinajstić information content (AvgIpc) is 1.82. The molecule has 3 nitrogen and oxygen atoms in total. The van der Waals surface area contributed by atoms with Crippen LogP contribution >= 0.6 is 0 Å². The van der Waals surface area contributed by atoms with Crippen LogP contribution in [-0.4, -0.2) is 22.8 Å². The first-order valence-corrected chi connectivity index (χ1v) is 1.95. The van der Waals surface area contributed by atoms with E-state index in [-0.39, 0.29) is 0 Å². The number of carbonyl (C=O) groups is 1. The molecule has 0 bridgehead atoms. The Morgan fingerprint density at radius 2 is 1.45 bits per heavy atom. The predicted octanol–water partition coefficient (Wildman–Crippen LogP) is 1.88. The quantitative estimate of drug-likeness (QED) is 0.318. The van der Waals surface area contributed by atoms with Crippen molar-refractivity contribution in [3.63, 3.8) is 0 Å². The van der Waals surface area contributed by atoms with Gasteiger partial charge in [0.2, 0.25) is 0 Å². The molecule has 0 aliphatic carbocycles. The van der Waals surface area contributed by atoms with E-state index in [1.807, 2.05) is 0 Å². The molecule has 0 aliphatic heterocycles. The van der Waals surface area contributed by atoms with Crippen molar-refractivity contribution in [1.29, 1.82) is 0 Å². The fourth-order valence-corrected chi connectivity index (χ4v) is 0.175. The van der Waals surface area contributed by atoms with Gasteiger partial charge in [-0.2, -0.15) is 0 Å². The monoisotopic (exact) mass is 182 g/mol. The Balaban J connectivity index is 4.26. The second-order valence-electron chi connectivity index (χ2n) is 1.26. The molecule has 2 amide bonds. The van der Waals surface area contributed by atoms with Crippen molar-refractivity contribution in [1.82, 2.24) is 10.5 Å². The second kappa shape index (κ2) is 2.84. The molecule has 0 aromatic rings. The standard InChI is InChI=1S/C2F6N2O/c3-2(4,5)9(6)1(11)10(7)8. The van der Waals surface area contributed by atoms with Crippen LogP contribution in [0.15, 0.2) is 0 Å². The van der Waals surface area contributed by atoms with E-state index >= 15 is 0 Å². The number of alkyl halides is 3. The van der Waals surface area contributed by atoms with Gasteiger partial charge < -0.3 is 0 Å². The molecule has 0 saturated heterocycles. The zero-order chi connectivity index (χ0) is 9.23. The van der Waals surface area contributed by atoms with Crippen LogP contribution in [0.25, 0.3) is 0 Å². The maximum Gasteiger partial charge on any atom is 0.516 e. The largest absolute Gasteiger partial charge is 0.516 e. The third-order valence-corrected chi connectivity index (χ3v) is 0.535. The van der Waals surface area contributed by atoms with Gasteiger partial charge in [-0.3, -0.25) is 0 Å². The van der Waals surface area contributed by atoms with Gasteiger partial charge >= 0.3 is 12.3 Å². The summed E-state index contributed by atoms with van der Waals surface area (Å²) >= 11 is 0. The molecule has 0 spiro atoms. The number of halogens is 6. The lowest BCUT2D eigenvalue weighted by Gasteiger charge is -2.13. The Bertz CT molecular complexity index is 153. The first kappa shape index (κ1) is 9.85. The Kier molecular flexibility index (Phi) is 2.55. The van der Waals surface area contributed by atoms with Crippen molar-refractivity contribution in [2.24, 2.45) is 0 Å². The van der Waals surface area contributed by atoms with Gasteiger partial charge in [0.1, 0.15) is 0 Å². The number of hydrogen-bond acceptors (Lipinski definition) is 1. The number of urea groups is 1. The first-order chi connectivity index (χ1) is 4.76. The van der Waals surface area contributed by atoms with Crippen LogP contribution in [0.1, 0.15) is 0 Å². The Morgan fingerprint density at radius 3 is 1.55 bits per heavy atom. The van der Waals surface area contributed by atoms with Crippen LogP contribution in [0, 0.1) is 0 Å². The molecule has 0 atom stereocenters. The molecule has 11 heavy (non-hydrogen) atoms. The van der Waals surface area contributed by atoms with Gasteiger partial charge in [0.15, 0.2) is 0 Å².